The van der Waals surface area contributed by atoms with E-state index in [1.54, 1.807) is 24.3 Å². The van der Waals surface area contributed by atoms with Crippen molar-refractivity contribution in [2.75, 3.05) is 31.6 Å². The molecule has 0 spiro atoms. The fourth-order valence-corrected chi connectivity index (χ4v) is 4.28. The summed E-state index contributed by atoms with van der Waals surface area (Å²) in [6.07, 6.45) is 1.59. The zero-order chi connectivity index (χ0) is 23.0. The third-order valence-corrected chi connectivity index (χ3v) is 6.21. The largest absolute Gasteiger partial charge is 0.494 e. The number of rotatable bonds is 10. The van der Waals surface area contributed by atoms with Gasteiger partial charge < -0.3 is 20.1 Å². The second-order valence-corrected chi connectivity index (χ2v) is 8.97. The van der Waals surface area contributed by atoms with Gasteiger partial charge in [-0.2, -0.15) is 0 Å². The summed E-state index contributed by atoms with van der Waals surface area (Å²) in [7, 11) is -3.78. The van der Waals surface area contributed by atoms with Crippen LogP contribution in [0, 0.1) is 0 Å². The van der Waals surface area contributed by atoms with Gasteiger partial charge in [-0.25, -0.2) is 13.1 Å². The van der Waals surface area contributed by atoms with E-state index in [9.17, 15) is 18.0 Å². The average Bonchev–Trinajstić information content (AvgIpc) is 3.32. The first-order valence-corrected chi connectivity index (χ1v) is 11.9. The number of anilines is 1. The van der Waals surface area contributed by atoms with Crippen molar-refractivity contribution in [3.63, 3.8) is 0 Å². The summed E-state index contributed by atoms with van der Waals surface area (Å²) in [6.45, 7) is 2.98. The minimum Gasteiger partial charge on any atom is -0.494 e. The standard InChI is InChI=1S/C22H27N3O6S/c1-2-30-18-10-8-17(9-11-18)25-21(26)15-23-22(27)16-5-3-7-20(13-16)32(28,29)24-14-19-6-4-12-31-19/h3,5,7-11,13,19,24H,2,4,6,12,14-15H2,1H3,(H,23,27)(H,25,26). The highest BCUT2D eigenvalue weighted by Crippen LogP contribution is 2.16. The van der Waals surface area contributed by atoms with Crippen LogP contribution in [0.15, 0.2) is 53.4 Å². The molecule has 1 fully saturated rings. The van der Waals surface area contributed by atoms with E-state index in [0.717, 1.165) is 12.8 Å². The van der Waals surface area contributed by atoms with Crippen molar-refractivity contribution < 1.29 is 27.5 Å². The molecule has 0 aromatic heterocycles. The Bertz CT molecular complexity index is 1030. The van der Waals surface area contributed by atoms with Gasteiger partial charge in [0.05, 0.1) is 24.2 Å². The maximum atomic E-state index is 12.5. The van der Waals surface area contributed by atoms with Crippen molar-refractivity contribution in [1.82, 2.24) is 10.0 Å². The topological polar surface area (TPSA) is 123 Å². The van der Waals surface area contributed by atoms with Crippen LogP contribution in [0.5, 0.6) is 5.75 Å². The lowest BCUT2D eigenvalue weighted by Gasteiger charge is -2.12. The molecule has 0 saturated carbocycles. The zero-order valence-corrected chi connectivity index (χ0v) is 18.6. The summed E-state index contributed by atoms with van der Waals surface area (Å²) in [5, 5.41) is 5.17. The number of sulfonamides is 1. The molecule has 1 unspecified atom stereocenters. The van der Waals surface area contributed by atoms with Crippen LogP contribution in [0.3, 0.4) is 0 Å². The molecule has 1 atom stereocenters. The number of benzene rings is 2. The second-order valence-electron chi connectivity index (χ2n) is 7.20. The number of carbonyl (C=O) groups is 2. The monoisotopic (exact) mass is 461 g/mol. The van der Waals surface area contributed by atoms with Gasteiger partial charge in [-0.1, -0.05) is 6.07 Å². The summed E-state index contributed by atoms with van der Waals surface area (Å²) < 4.78 is 38.3. The lowest BCUT2D eigenvalue weighted by Crippen LogP contribution is -2.33. The predicted molar refractivity (Wildman–Crippen MR) is 119 cm³/mol. The molecule has 0 bridgehead atoms. The Kier molecular flexibility index (Phi) is 8.20. The van der Waals surface area contributed by atoms with Crippen LogP contribution in [0.1, 0.15) is 30.1 Å². The van der Waals surface area contributed by atoms with Gasteiger partial charge in [0.1, 0.15) is 5.75 Å². The first kappa shape index (κ1) is 23.7. The normalized spacial score (nSPS) is 15.8. The number of ether oxygens (including phenoxy) is 2. The highest BCUT2D eigenvalue weighted by atomic mass is 32.2. The molecule has 10 heteroatoms. The van der Waals surface area contributed by atoms with E-state index in [-0.39, 0.29) is 29.7 Å². The molecule has 0 radical (unpaired) electrons. The summed E-state index contributed by atoms with van der Waals surface area (Å²) in [4.78, 5) is 24.5. The van der Waals surface area contributed by atoms with E-state index in [2.05, 4.69) is 15.4 Å². The highest BCUT2D eigenvalue weighted by Gasteiger charge is 2.21. The Morgan fingerprint density at radius 2 is 1.94 bits per heavy atom. The zero-order valence-electron chi connectivity index (χ0n) is 17.8. The number of hydrogen-bond donors (Lipinski definition) is 3. The van der Waals surface area contributed by atoms with Crippen LogP contribution in [0.25, 0.3) is 0 Å². The number of nitrogens with one attached hydrogen (secondary N) is 3. The summed E-state index contributed by atoms with van der Waals surface area (Å²) in [5.74, 6) is -0.272. The minimum atomic E-state index is -3.78. The van der Waals surface area contributed by atoms with Gasteiger partial charge in [0.15, 0.2) is 0 Å². The SMILES string of the molecule is CCOc1ccc(NC(=O)CNC(=O)c2cccc(S(=O)(=O)NCC3CCCO3)c2)cc1. The molecule has 1 aliphatic heterocycles. The first-order valence-electron chi connectivity index (χ1n) is 10.4. The first-order chi connectivity index (χ1) is 15.4. The fourth-order valence-electron chi connectivity index (χ4n) is 3.16. The molecule has 2 amide bonds. The van der Waals surface area contributed by atoms with Crippen LogP contribution >= 0.6 is 0 Å². The summed E-state index contributed by atoms with van der Waals surface area (Å²) >= 11 is 0. The fraction of sp³-hybridized carbons (Fsp3) is 0.364. The molecule has 172 valence electrons. The van der Waals surface area contributed by atoms with Gasteiger partial charge >= 0.3 is 0 Å². The number of amides is 2. The molecule has 0 aliphatic carbocycles. The molecule has 3 rings (SSSR count). The molecule has 1 saturated heterocycles. The van der Waals surface area contributed by atoms with Gasteiger partial charge in [-0.15, -0.1) is 0 Å². The van der Waals surface area contributed by atoms with Gasteiger partial charge in [0.25, 0.3) is 5.91 Å². The van der Waals surface area contributed by atoms with Gasteiger partial charge in [0.2, 0.25) is 15.9 Å². The molecule has 3 N–H and O–H groups in total. The summed E-state index contributed by atoms with van der Waals surface area (Å²) in [6, 6.07) is 12.5. The third-order valence-electron chi connectivity index (χ3n) is 4.79. The van der Waals surface area contributed by atoms with E-state index < -0.39 is 21.8 Å². The number of hydrogen-bond acceptors (Lipinski definition) is 6. The molecule has 32 heavy (non-hydrogen) atoms. The van der Waals surface area contributed by atoms with Crippen molar-refractivity contribution in [1.29, 1.82) is 0 Å². The van der Waals surface area contributed by atoms with E-state index in [4.69, 9.17) is 9.47 Å². The van der Waals surface area contributed by atoms with Crippen molar-refractivity contribution in [2.24, 2.45) is 0 Å². The maximum absolute atomic E-state index is 12.5. The van der Waals surface area contributed by atoms with Crippen LogP contribution in [0.4, 0.5) is 5.69 Å². The Morgan fingerprint density at radius 3 is 2.62 bits per heavy atom. The van der Waals surface area contributed by atoms with Crippen LogP contribution in [-0.2, 0) is 19.6 Å². The van der Waals surface area contributed by atoms with Crippen LogP contribution < -0.4 is 20.1 Å². The number of carbonyl (C=O) groups excluding carboxylic acids is 2. The quantitative estimate of drug-likeness (QED) is 0.497. The molecule has 2 aromatic rings. The maximum Gasteiger partial charge on any atom is 0.251 e. The second kappa shape index (κ2) is 11.1. The van der Waals surface area contributed by atoms with Gasteiger partial charge in [0, 0.05) is 24.4 Å². The van der Waals surface area contributed by atoms with E-state index in [1.807, 2.05) is 6.92 Å². The van der Waals surface area contributed by atoms with E-state index in [1.165, 1.54) is 24.3 Å². The Labute approximate surface area is 187 Å². The molecular weight excluding hydrogens is 434 g/mol. The highest BCUT2D eigenvalue weighted by molar-refractivity contribution is 7.89. The molecular formula is C22H27N3O6S. The average molecular weight is 462 g/mol. The minimum absolute atomic E-state index is 0.0259. The molecule has 2 aromatic carbocycles. The molecule has 9 nitrogen and oxygen atoms in total. The van der Waals surface area contributed by atoms with Gasteiger partial charge in [-0.3, -0.25) is 9.59 Å². The third kappa shape index (κ3) is 6.78. The van der Waals surface area contributed by atoms with Gasteiger partial charge in [-0.05, 0) is 62.2 Å². The lowest BCUT2D eigenvalue weighted by molar-refractivity contribution is -0.115. The Morgan fingerprint density at radius 1 is 1.16 bits per heavy atom. The van der Waals surface area contributed by atoms with Crippen molar-refractivity contribution in [3.8, 4) is 5.75 Å². The van der Waals surface area contributed by atoms with Crippen LogP contribution in [0.2, 0.25) is 0 Å². The van der Waals surface area contributed by atoms with Crippen molar-refractivity contribution in [2.45, 2.75) is 30.8 Å². The van der Waals surface area contributed by atoms with Crippen molar-refractivity contribution in [3.05, 3.63) is 54.1 Å². The Balaban J connectivity index is 1.52. The Hall–Kier alpha value is -2.95. The molecule has 1 aliphatic rings. The summed E-state index contributed by atoms with van der Waals surface area (Å²) in [5.41, 5.74) is 0.706. The van der Waals surface area contributed by atoms with E-state index >= 15 is 0 Å². The van der Waals surface area contributed by atoms with E-state index in [0.29, 0.717) is 24.7 Å². The lowest BCUT2D eigenvalue weighted by atomic mass is 10.2. The van der Waals surface area contributed by atoms with Crippen LogP contribution in [-0.4, -0.2) is 52.6 Å². The smallest absolute Gasteiger partial charge is 0.251 e. The predicted octanol–water partition coefficient (Wildman–Crippen LogP) is 1.91. The van der Waals surface area contributed by atoms with Crippen molar-refractivity contribution >= 4 is 27.5 Å². The molecule has 1 heterocycles.